The van der Waals surface area contributed by atoms with E-state index in [0.717, 1.165) is 47.9 Å². The van der Waals surface area contributed by atoms with Crippen LogP contribution in [-0.2, 0) is 24.2 Å². The smallest absolute Gasteiger partial charge is 0.221 e. The molecule has 1 aromatic heterocycles. The minimum absolute atomic E-state index is 0. The first-order chi connectivity index (χ1) is 9.74. The number of carbonyl (C=O) groups excluding carboxylic acids is 1. The predicted octanol–water partition coefficient (Wildman–Crippen LogP) is 1.93. The van der Waals surface area contributed by atoms with Crippen molar-refractivity contribution in [2.24, 2.45) is 0 Å². The number of amides is 1. The third-order valence-corrected chi connectivity index (χ3v) is 4.63. The lowest BCUT2D eigenvalue weighted by Crippen LogP contribution is -2.41. The van der Waals surface area contributed by atoms with E-state index in [0.29, 0.717) is 19.0 Å². The van der Waals surface area contributed by atoms with E-state index in [9.17, 15) is 4.79 Å². The number of carbonyl (C=O) groups is 1. The fourth-order valence-electron chi connectivity index (χ4n) is 2.37. The molecule has 1 aliphatic heterocycles. The first-order valence-electron chi connectivity index (χ1n) is 7.28. The molecule has 1 aromatic rings. The lowest BCUT2D eigenvalue weighted by atomic mass is 10.1. The van der Waals surface area contributed by atoms with Gasteiger partial charge >= 0.3 is 0 Å². The molecule has 21 heavy (non-hydrogen) atoms. The number of thioether (sulfide) groups is 1. The number of halogens is 1. The Morgan fingerprint density at radius 1 is 1.48 bits per heavy atom. The highest BCUT2D eigenvalue weighted by molar-refractivity contribution is 7.99. The zero-order valence-electron chi connectivity index (χ0n) is 12.6. The SMILES string of the molecule is CCc1noc(CC)c1CNC(=O)CC1CSCCN1.Cl. The molecule has 2 N–H and O–H groups in total. The van der Waals surface area contributed by atoms with Crippen molar-refractivity contribution in [2.45, 2.75) is 45.7 Å². The van der Waals surface area contributed by atoms with Gasteiger partial charge in [0.25, 0.3) is 0 Å². The van der Waals surface area contributed by atoms with Crippen LogP contribution < -0.4 is 10.6 Å². The number of aryl methyl sites for hydroxylation is 2. The monoisotopic (exact) mass is 333 g/mol. The van der Waals surface area contributed by atoms with Crippen LogP contribution in [0.1, 0.15) is 37.3 Å². The normalized spacial score (nSPS) is 18.1. The second-order valence-corrected chi connectivity index (χ2v) is 6.09. The quantitative estimate of drug-likeness (QED) is 0.832. The van der Waals surface area contributed by atoms with Gasteiger partial charge in [0, 0.05) is 49.0 Å². The molecule has 0 bridgehead atoms. The van der Waals surface area contributed by atoms with Crippen LogP contribution in [0.2, 0.25) is 0 Å². The van der Waals surface area contributed by atoms with E-state index in [1.165, 1.54) is 0 Å². The van der Waals surface area contributed by atoms with Crippen LogP contribution in [0.3, 0.4) is 0 Å². The fraction of sp³-hybridized carbons (Fsp3) is 0.714. The van der Waals surface area contributed by atoms with Gasteiger partial charge in [-0.25, -0.2) is 0 Å². The van der Waals surface area contributed by atoms with Gasteiger partial charge in [0.1, 0.15) is 5.76 Å². The molecule has 0 spiro atoms. The average Bonchev–Trinajstić information content (AvgIpc) is 2.88. The van der Waals surface area contributed by atoms with Crippen molar-refractivity contribution in [1.29, 1.82) is 0 Å². The first kappa shape index (κ1) is 18.3. The summed E-state index contributed by atoms with van der Waals surface area (Å²) >= 11 is 1.91. The number of rotatable bonds is 6. The Labute approximate surface area is 136 Å². The summed E-state index contributed by atoms with van der Waals surface area (Å²) < 4.78 is 5.30. The third kappa shape index (κ3) is 5.20. The molecule has 2 rings (SSSR count). The van der Waals surface area contributed by atoms with Crippen LogP contribution in [0.25, 0.3) is 0 Å². The average molecular weight is 334 g/mol. The largest absolute Gasteiger partial charge is 0.361 e. The minimum atomic E-state index is 0. The molecular formula is C14H24ClN3O2S. The van der Waals surface area contributed by atoms with Gasteiger partial charge in [0.15, 0.2) is 0 Å². The highest BCUT2D eigenvalue weighted by atomic mass is 35.5. The maximum absolute atomic E-state index is 12.0. The van der Waals surface area contributed by atoms with Crippen LogP contribution in [0, 0.1) is 0 Å². The van der Waals surface area contributed by atoms with Crippen molar-refractivity contribution in [1.82, 2.24) is 15.8 Å². The lowest BCUT2D eigenvalue weighted by molar-refractivity contribution is -0.121. The molecule has 1 atom stereocenters. The van der Waals surface area contributed by atoms with Gasteiger partial charge in [-0.05, 0) is 6.42 Å². The summed E-state index contributed by atoms with van der Waals surface area (Å²) in [5.74, 6) is 3.13. The van der Waals surface area contributed by atoms with Crippen molar-refractivity contribution in [3.05, 3.63) is 17.0 Å². The van der Waals surface area contributed by atoms with Gasteiger partial charge < -0.3 is 15.2 Å². The Balaban J connectivity index is 0.00000220. The molecule has 120 valence electrons. The Morgan fingerprint density at radius 3 is 2.90 bits per heavy atom. The molecule has 1 saturated heterocycles. The minimum Gasteiger partial charge on any atom is -0.361 e. The number of aromatic nitrogens is 1. The van der Waals surface area contributed by atoms with Crippen LogP contribution >= 0.6 is 24.2 Å². The molecule has 1 unspecified atom stereocenters. The van der Waals surface area contributed by atoms with E-state index >= 15 is 0 Å². The highest BCUT2D eigenvalue weighted by Gasteiger charge is 2.18. The van der Waals surface area contributed by atoms with Gasteiger partial charge in [-0.2, -0.15) is 11.8 Å². The molecule has 0 radical (unpaired) electrons. The number of nitrogens with zero attached hydrogens (tertiary/aromatic N) is 1. The van der Waals surface area contributed by atoms with Crippen LogP contribution in [0.5, 0.6) is 0 Å². The van der Waals surface area contributed by atoms with Crippen molar-refractivity contribution in [3.8, 4) is 0 Å². The number of hydrogen-bond donors (Lipinski definition) is 2. The van der Waals surface area contributed by atoms with E-state index in [4.69, 9.17) is 4.52 Å². The topological polar surface area (TPSA) is 67.2 Å². The molecular weight excluding hydrogens is 310 g/mol. The second kappa shape index (κ2) is 9.33. The van der Waals surface area contributed by atoms with Crippen LogP contribution in [-0.4, -0.2) is 35.2 Å². The van der Waals surface area contributed by atoms with Gasteiger partial charge in [-0.1, -0.05) is 19.0 Å². The first-order valence-corrected chi connectivity index (χ1v) is 8.44. The Hall–Kier alpha value is -0.720. The molecule has 0 aromatic carbocycles. The van der Waals surface area contributed by atoms with E-state index in [2.05, 4.69) is 15.8 Å². The predicted molar refractivity (Wildman–Crippen MR) is 88.1 cm³/mol. The molecule has 1 amide bonds. The summed E-state index contributed by atoms with van der Waals surface area (Å²) in [7, 11) is 0. The lowest BCUT2D eigenvalue weighted by Gasteiger charge is -2.22. The molecule has 2 heterocycles. The van der Waals surface area contributed by atoms with Crippen LogP contribution in [0.15, 0.2) is 4.52 Å². The van der Waals surface area contributed by atoms with Gasteiger partial charge in [0.2, 0.25) is 5.91 Å². The van der Waals surface area contributed by atoms with Gasteiger partial charge in [-0.15, -0.1) is 12.4 Å². The molecule has 0 saturated carbocycles. The van der Waals surface area contributed by atoms with E-state index in [-0.39, 0.29) is 18.3 Å². The molecule has 0 aliphatic carbocycles. The van der Waals surface area contributed by atoms with Crippen molar-refractivity contribution < 1.29 is 9.32 Å². The standard InChI is InChI=1S/C14H23N3O2S.ClH/c1-3-12-11(13(4-2)19-17-12)8-16-14(18)7-10-9-20-6-5-15-10;/h10,15H,3-9H2,1-2H3,(H,16,18);1H. The van der Waals surface area contributed by atoms with Gasteiger partial charge in [-0.3, -0.25) is 4.79 Å². The Kier molecular flexibility index (Phi) is 8.14. The summed E-state index contributed by atoms with van der Waals surface area (Å²) in [6.45, 7) is 5.60. The third-order valence-electron chi connectivity index (χ3n) is 3.50. The highest BCUT2D eigenvalue weighted by Crippen LogP contribution is 2.16. The zero-order valence-corrected chi connectivity index (χ0v) is 14.2. The fourth-order valence-corrected chi connectivity index (χ4v) is 3.32. The zero-order chi connectivity index (χ0) is 14.4. The maximum Gasteiger partial charge on any atom is 0.221 e. The number of nitrogens with one attached hydrogen (secondary N) is 2. The summed E-state index contributed by atoms with van der Waals surface area (Å²) in [6, 6.07) is 0.299. The van der Waals surface area contributed by atoms with E-state index in [1.54, 1.807) is 0 Å². The molecule has 1 fully saturated rings. The van der Waals surface area contributed by atoms with Gasteiger partial charge in [0.05, 0.1) is 5.69 Å². The summed E-state index contributed by atoms with van der Waals surface area (Å²) in [4.78, 5) is 12.0. The van der Waals surface area contributed by atoms with Crippen LogP contribution in [0.4, 0.5) is 0 Å². The summed E-state index contributed by atoms with van der Waals surface area (Å²) in [5, 5.41) is 10.4. The molecule has 7 heteroatoms. The molecule has 5 nitrogen and oxygen atoms in total. The number of hydrogen-bond acceptors (Lipinski definition) is 5. The summed E-state index contributed by atoms with van der Waals surface area (Å²) in [5.41, 5.74) is 2.00. The van der Waals surface area contributed by atoms with Crippen molar-refractivity contribution in [2.75, 3.05) is 18.1 Å². The molecule has 1 aliphatic rings. The van der Waals surface area contributed by atoms with Crippen molar-refractivity contribution in [3.63, 3.8) is 0 Å². The maximum atomic E-state index is 12.0. The second-order valence-electron chi connectivity index (χ2n) is 4.94. The Bertz CT molecular complexity index is 426. The summed E-state index contributed by atoms with van der Waals surface area (Å²) in [6.07, 6.45) is 2.18. The van der Waals surface area contributed by atoms with Crippen molar-refractivity contribution >= 4 is 30.1 Å². The van der Waals surface area contributed by atoms with E-state index in [1.807, 2.05) is 25.6 Å². The Morgan fingerprint density at radius 2 is 2.29 bits per heavy atom. The van der Waals surface area contributed by atoms with E-state index < -0.39 is 0 Å².